The number of hydrogen-bond acceptors (Lipinski definition) is 7. The first-order chi connectivity index (χ1) is 14.2. The zero-order valence-electron chi connectivity index (χ0n) is 15.9. The molecule has 2 aromatic heterocycles. The van der Waals surface area contributed by atoms with Gasteiger partial charge in [0.25, 0.3) is 5.91 Å². The minimum Gasteiger partial charge on any atom is -0.508 e. The van der Waals surface area contributed by atoms with Crippen molar-refractivity contribution in [3.8, 4) is 16.3 Å². The van der Waals surface area contributed by atoms with Crippen LogP contribution < -0.4 is 10.2 Å². The predicted molar refractivity (Wildman–Crippen MR) is 113 cm³/mol. The van der Waals surface area contributed by atoms with Crippen molar-refractivity contribution in [2.45, 2.75) is 6.42 Å². The number of nitrogens with zero attached hydrogens (tertiary/aromatic N) is 3. The van der Waals surface area contributed by atoms with E-state index in [0.29, 0.717) is 18.7 Å². The molecule has 1 aliphatic heterocycles. The van der Waals surface area contributed by atoms with E-state index in [1.807, 2.05) is 24.3 Å². The highest BCUT2D eigenvalue weighted by Gasteiger charge is 2.14. The lowest BCUT2D eigenvalue weighted by molar-refractivity contribution is 0.0950. The lowest BCUT2D eigenvalue weighted by Gasteiger charge is -2.27. The molecule has 0 radical (unpaired) electrons. The summed E-state index contributed by atoms with van der Waals surface area (Å²) in [5, 5.41) is 14.7. The van der Waals surface area contributed by atoms with E-state index in [-0.39, 0.29) is 11.7 Å². The van der Waals surface area contributed by atoms with Gasteiger partial charge in [0, 0.05) is 36.8 Å². The number of carbonyl (C=O) groups is 1. The molecule has 8 heteroatoms. The van der Waals surface area contributed by atoms with Gasteiger partial charge in [-0.25, -0.2) is 9.97 Å². The number of nitrogens with one attached hydrogen (secondary N) is 1. The van der Waals surface area contributed by atoms with E-state index in [4.69, 9.17) is 4.74 Å². The standard InChI is InChI=1S/C21H22N4O3S/c26-17-4-1-15(2-5-17)7-8-22-20(27)18-14-29-21(24-18)16-3-6-19(23-13-16)25-9-11-28-12-10-25/h1-6,13-14,26H,7-12H2,(H,22,27). The van der Waals surface area contributed by atoms with Crippen molar-refractivity contribution in [1.82, 2.24) is 15.3 Å². The van der Waals surface area contributed by atoms with Crippen LogP contribution in [0.2, 0.25) is 0 Å². The van der Waals surface area contributed by atoms with Crippen LogP contribution in [0.15, 0.2) is 48.0 Å². The van der Waals surface area contributed by atoms with Crippen molar-refractivity contribution in [3.63, 3.8) is 0 Å². The number of amides is 1. The average molecular weight is 410 g/mol. The average Bonchev–Trinajstić information content (AvgIpc) is 3.26. The van der Waals surface area contributed by atoms with E-state index in [9.17, 15) is 9.90 Å². The van der Waals surface area contributed by atoms with Crippen molar-refractivity contribution in [3.05, 3.63) is 59.2 Å². The molecule has 150 valence electrons. The SMILES string of the molecule is O=C(NCCc1ccc(O)cc1)c1csc(-c2ccc(N3CCOCC3)nc2)n1. The van der Waals surface area contributed by atoms with E-state index in [0.717, 1.165) is 48.3 Å². The molecule has 1 amide bonds. The smallest absolute Gasteiger partial charge is 0.270 e. The Labute approximate surface area is 173 Å². The number of thiazole rings is 1. The number of benzene rings is 1. The lowest BCUT2D eigenvalue weighted by Crippen LogP contribution is -2.36. The lowest BCUT2D eigenvalue weighted by atomic mass is 10.1. The van der Waals surface area contributed by atoms with Gasteiger partial charge in [-0.3, -0.25) is 4.79 Å². The van der Waals surface area contributed by atoms with Crippen LogP contribution in [0.4, 0.5) is 5.82 Å². The number of anilines is 1. The highest BCUT2D eigenvalue weighted by molar-refractivity contribution is 7.13. The normalized spacial score (nSPS) is 14.0. The summed E-state index contributed by atoms with van der Waals surface area (Å²) in [4.78, 5) is 23.6. The Morgan fingerprint density at radius 1 is 1.17 bits per heavy atom. The number of ether oxygens (including phenoxy) is 1. The Balaban J connectivity index is 1.33. The topological polar surface area (TPSA) is 87.6 Å². The summed E-state index contributed by atoms with van der Waals surface area (Å²) < 4.78 is 5.37. The van der Waals surface area contributed by atoms with Gasteiger partial charge in [0.15, 0.2) is 0 Å². The molecule has 1 aromatic carbocycles. The molecule has 0 saturated carbocycles. The number of hydrogen-bond donors (Lipinski definition) is 2. The Morgan fingerprint density at radius 3 is 2.69 bits per heavy atom. The van der Waals surface area contributed by atoms with Crippen molar-refractivity contribution < 1.29 is 14.6 Å². The minimum absolute atomic E-state index is 0.191. The largest absolute Gasteiger partial charge is 0.508 e. The summed E-state index contributed by atoms with van der Waals surface area (Å²) >= 11 is 1.43. The number of phenols is 1. The molecular weight excluding hydrogens is 388 g/mol. The molecule has 1 saturated heterocycles. The van der Waals surface area contributed by atoms with E-state index < -0.39 is 0 Å². The van der Waals surface area contributed by atoms with Crippen LogP contribution in [0, 0.1) is 0 Å². The van der Waals surface area contributed by atoms with E-state index in [1.165, 1.54) is 11.3 Å². The zero-order valence-corrected chi connectivity index (χ0v) is 16.7. The van der Waals surface area contributed by atoms with Gasteiger partial charge in [-0.2, -0.15) is 0 Å². The summed E-state index contributed by atoms with van der Waals surface area (Å²) in [6.45, 7) is 3.64. The quantitative estimate of drug-likeness (QED) is 0.650. The first-order valence-electron chi connectivity index (χ1n) is 9.50. The molecule has 2 N–H and O–H groups in total. The van der Waals surface area contributed by atoms with Crippen molar-refractivity contribution in [2.24, 2.45) is 0 Å². The van der Waals surface area contributed by atoms with Gasteiger partial charge in [-0.1, -0.05) is 12.1 Å². The van der Waals surface area contributed by atoms with Crippen LogP contribution in [-0.4, -0.2) is 53.8 Å². The molecule has 0 atom stereocenters. The summed E-state index contributed by atoms with van der Waals surface area (Å²) in [6.07, 6.45) is 2.49. The van der Waals surface area contributed by atoms with Gasteiger partial charge >= 0.3 is 0 Å². The maximum Gasteiger partial charge on any atom is 0.270 e. The molecule has 0 aliphatic carbocycles. The number of pyridine rings is 1. The van der Waals surface area contributed by atoms with E-state index in [1.54, 1.807) is 23.7 Å². The summed E-state index contributed by atoms with van der Waals surface area (Å²) in [5.74, 6) is 0.977. The summed E-state index contributed by atoms with van der Waals surface area (Å²) in [5.41, 5.74) is 2.36. The van der Waals surface area contributed by atoms with Gasteiger partial charge in [0.05, 0.1) is 13.2 Å². The molecule has 0 unspecified atom stereocenters. The Kier molecular flexibility index (Phi) is 6.02. The fraction of sp³-hybridized carbons (Fsp3) is 0.286. The third-order valence-corrected chi connectivity index (χ3v) is 5.59. The van der Waals surface area contributed by atoms with Crippen molar-refractivity contribution >= 4 is 23.1 Å². The number of morpholine rings is 1. The molecule has 1 fully saturated rings. The first kappa shape index (κ1) is 19.4. The van der Waals surface area contributed by atoms with Crippen molar-refractivity contribution in [2.75, 3.05) is 37.7 Å². The third kappa shape index (κ3) is 4.90. The van der Waals surface area contributed by atoms with Crippen LogP contribution >= 0.6 is 11.3 Å². The van der Waals surface area contributed by atoms with Crippen LogP contribution in [0.25, 0.3) is 10.6 Å². The van der Waals surface area contributed by atoms with Crippen LogP contribution in [-0.2, 0) is 11.2 Å². The van der Waals surface area contributed by atoms with Gasteiger partial charge in [-0.15, -0.1) is 11.3 Å². The molecule has 29 heavy (non-hydrogen) atoms. The number of carbonyl (C=O) groups excluding carboxylic acids is 1. The molecule has 3 aromatic rings. The maximum atomic E-state index is 12.4. The molecular formula is C21H22N4O3S. The fourth-order valence-corrected chi connectivity index (χ4v) is 3.87. The number of aromatic nitrogens is 2. The number of aromatic hydroxyl groups is 1. The summed E-state index contributed by atoms with van der Waals surface area (Å²) in [7, 11) is 0. The molecule has 1 aliphatic rings. The van der Waals surface area contributed by atoms with Gasteiger partial charge < -0.3 is 20.1 Å². The highest BCUT2D eigenvalue weighted by atomic mass is 32.1. The third-order valence-electron chi connectivity index (χ3n) is 4.70. The maximum absolute atomic E-state index is 12.4. The van der Waals surface area contributed by atoms with Crippen LogP contribution in [0.3, 0.4) is 0 Å². The van der Waals surface area contributed by atoms with Gasteiger partial charge in [0.2, 0.25) is 0 Å². The molecule has 7 nitrogen and oxygen atoms in total. The number of phenolic OH excluding ortho intramolecular Hbond substituents is 1. The highest BCUT2D eigenvalue weighted by Crippen LogP contribution is 2.25. The van der Waals surface area contributed by atoms with E-state index in [2.05, 4.69) is 20.2 Å². The zero-order chi connectivity index (χ0) is 20.1. The summed E-state index contributed by atoms with van der Waals surface area (Å²) in [6, 6.07) is 10.9. The molecule has 0 bridgehead atoms. The molecule has 3 heterocycles. The second kappa shape index (κ2) is 9.02. The van der Waals surface area contributed by atoms with Crippen molar-refractivity contribution in [1.29, 1.82) is 0 Å². The predicted octanol–water partition coefficient (Wildman–Crippen LogP) is 2.72. The minimum atomic E-state index is -0.191. The van der Waals surface area contributed by atoms with Crippen LogP contribution in [0.5, 0.6) is 5.75 Å². The Bertz CT molecular complexity index is 951. The Morgan fingerprint density at radius 2 is 1.97 bits per heavy atom. The van der Waals surface area contributed by atoms with Crippen LogP contribution in [0.1, 0.15) is 16.1 Å². The van der Waals surface area contributed by atoms with E-state index >= 15 is 0 Å². The number of rotatable bonds is 6. The Hall–Kier alpha value is -2.97. The molecule has 0 spiro atoms. The monoisotopic (exact) mass is 410 g/mol. The van der Waals surface area contributed by atoms with Gasteiger partial charge in [-0.05, 0) is 36.2 Å². The second-order valence-corrected chi connectivity index (χ2v) is 7.57. The van der Waals surface area contributed by atoms with Gasteiger partial charge in [0.1, 0.15) is 22.3 Å². The fourth-order valence-electron chi connectivity index (χ4n) is 3.08. The second-order valence-electron chi connectivity index (χ2n) is 6.71. The first-order valence-corrected chi connectivity index (χ1v) is 10.4. The molecule has 4 rings (SSSR count).